The van der Waals surface area contributed by atoms with Gasteiger partial charge in [-0.1, -0.05) is 164 Å². The molecule has 0 atom stereocenters. The number of benzene rings is 10. The van der Waals surface area contributed by atoms with Gasteiger partial charge in [0.25, 0.3) is 0 Å². The molecule has 278 valence electrons. The predicted octanol–water partition coefficient (Wildman–Crippen LogP) is 16.0. The average Bonchev–Trinajstić information content (AvgIpc) is 3.31. The third kappa shape index (κ3) is 6.08. The van der Waals surface area contributed by atoms with Gasteiger partial charge in [-0.2, -0.15) is 0 Å². The van der Waals surface area contributed by atoms with Gasteiger partial charge in [0.05, 0.1) is 11.4 Å². The van der Waals surface area contributed by atoms with Crippen LogP contribution in [-0.4, -0.2) is 0 Å². The highest BCUT2D eigenvalue weighted by Crippen LogP contribution is 2.54. The summed E-state index contributed by atoms with van der Waals surface area (Å²) < 4.78 is 7.06. The van der Waals surface area contributed by atoms with Crippen molar-refractivity contribution < 1.29 is 4.74 Å². The lowest BCUT2D eigenvalue weighted by molar-refractivity contribution is 0.488. The van der Waals surface area contributed by atoms with E-state index in [0.717, 1.165) is 67.5 Å². The van der Waals surface area contributed by atoms with E-state index in [4.69, 9.17) is 4.74 Å². The lowest BCUT2D eigenvalue weighted by atomic mass is 9.92. The number of rotatable bonds is 8. The molecule has 0 aromatic heterocycles. The molecule has 3 heteroatoms. The summed E-state index contributed by atoms with van der Waals surface area (Å²) in [6.07, 6.45) is 0. The molecule has 1 aliphatic rings. The molecule has 0 N–H and O–H groups in total. The van der Waals surface area contributed by atoms with Crippen molar-refractivity contribution in [1.29, 1.82) is 0 Å². The number of hydrogen-bond acceptors (Lipinski definition) is 3. The number of para-hydroxylation sites is 3. The van der Waals surface area contributed by atoms with Crippen LogP contribution in [0.5, 0.6) is 11.5 Å². The van der Waals surface area contributed by atoms with Gasteiger partial charge < -0.3 is 14.5 Å². The van der Waals surface area contributed by atoms with Crippen LogP contribution in [0.2, 0.25) is 0 Å². The summed E-state index contributed by atoms with van der Waals surface area (Å²) in [6.45, 7) is 0. The normalized spacial score (nSPS) is 11.5. The van der Waals surface area contributed by atoms with Crippen molar-refractivity contribution in [3.8, 4) is 44.9 Å². The zero-order valence-corrected chi connectivity index (χ0v) is 32.2. The van der Waals surface area contributed by atoms with E-state index >= 15 is 0 Å². The fourth-order valence-corrected chi connectivity index (χ4v) is 8.70. The van der Waals surface area contributed by atoms with Crippen LogP contribution in [0.1, 0.15) is 0 Å². The zero-order valence-electron chi connectivity index (χ0n) is 32.2. The maximum atomic E-state index is 7.06. The fourth-order valence-electron chi connectivity index (χ4n) is 8.70. The summed E-state index contributed by atoms with van der Waals surface area (Å²) in [7, 11) is 0. The maximum absolute atomic E-state index is 7.06. The summed E-state index contributed by atoms with van der Waals surface area (Å²) in [4.78, 5) is 4.66. The number of ether oxygens (including phenoxy) is 1. The second-order valence-corrected chi connectivity index (χ2v) is 14.9. The van der Waals surface area contributed by atoms with Crippen LogP contribution in [0.4, 0.5) is 34.1 Å². The zero-order chi connectivity index (χ0) is 39.1. The van der Waals surface area contributed by atoms with E-state index in [2.05, 4.69) is 240 Å². The molecule has 0 radical (unpaired) electrons. The minimum absolute atomic E-state index is 0.838. The molecule has 10 aromatic rings. The Morgan fingerprint density at radius 2 is 0.780 bits per heavy atom. The smallest absolute Gasteiger partial charge is 0.159 e. The van der Waals surface area contributed by atoms with E-state index in [0.29, 0.717) is 0 Å². The standard InChI is InChI=1S/C56H38N2O/c1-4-15-39(16-5-1)40-29-33-45(34-30-40)57(46-35-31-42(32-36-46)48-24-12-18-41-17-10-11-23-47(41)48)52-37-38-54-55-49(25-13-27-51(52)55)50-26-14-28-53(56(50)59-54)58(43-19-6-2-7-20-43)44-21-8-3-9-22-44/h1-38H. The van der Waals surface area contributed by atoms with Crippen LogP contribution in [0.25, 0.3) is 54.9 Å². The van der Waals surface area contributed by atoms with Crippen molar-refractivity contribution in [2.24, 2.45) is 0 Å². The van der Waals surface area contributed by atoms with Gasteiger partial charge in [-0.05, 0) is 105 Å². The second-order valence-electron chi connectivity index (χ2n) is 14.9. The molecule has 3 nitrogen and oxygen atoms in total. The Hall–Kier alpha value is -7.88. The van der Waals surface area contributed by atoms with E-state index in [1.807, 2.05) is 0 Å². The number of anilines is 6. The van der Waals surface area contributed by atoms with E-state index in [1.54, 1.807) is 0 Å². The number of hydrogen-bond donors (Lipinski definition) is 0. The first kappa shape index (κ1) is 34.4. The molecule has 10 aromatic carbocycles. The average molecular weight is 755 g/mol. The van der Waals surface area contributed by atoms with Crippen molar-refractivity contribution in [2.75, 3.05) is 9.80 Å². The van der Waals surface area contributed by atoms with Crippen molar-refractivity contribution in [2.45, 2.75) is 0 Å². The summed E-state index contributed by atoms with van der Waals surface area (Å²) in [5.41, 5.74) is 13.3. The molecule has 11 rings (SSSR count). The Morgan fingerprint density at radius 3 is 1.49 bits per heavy atom. The van der Waals surface area contributed by atoms with Gasteiger partial charge in [-0.3, -0.25) is 0 Å². The Kier molecular flexibility index (Phi) is 8.49. The summed E-state index contributed by atoms with van der Waals surface area (Å²) in [5, 5.41) is 4.70. The molecule has 0 saturated carbocycles. The predicted molar refractivity (Wildman–Crippen MR) is 247 cm³/mol. The largest absolute Gasteiger partial charge is 0.454 e. The van der Waals surface area contributed by atoms with Crippen LogP contribution in [0.3, 0.4) is 0 Å². The Bertz CT molecular complexity index is 3060. The monoisotopic (exact) mass is 754 g/mol. The molecule has 1 aliphatic heterocycles. The molecule has 0 bridgehead atoms. The summed E-state index contributed by atoms with van der Waals surface area (Å²) in [6, 6.07) is 82.1. The minimum atomic E-state index is 0.838. The Labute approximate surface area is 344 Å². The van der Waals surface area contributed by atoms with E-state index in [-0.39, 0.29) is 0 Å². The minimum Gasteiger partial charge on any atom is -0.454 e. The topological polar surface area (TPSA) is 15.7 Å². The van der Waals surface area contributed by atoms with Crippen LogP contribution < -0.4 is 14.5 Å². The van der Waals surface area contributed by atoms with Crippen LogP contribution >= 0.6 is 0 Å². The molecule has 0 spiro atoms. The van der Waals surface area contributed by atoms with Gasteiger partial charge in [0.2, 0.25) is 0 Å². The maximum Gasteiger partial charge on any atom is 0.159 e. The molecule has 59 heavy (non-hydrogen) atoms. The van der Waals surface area contributed by atoms with Crippen LogP contribution in [-0.2, 0) is 0 Å². The van der Waals surface area contributed by atoms with Gasteiger partial charge in [0, 0.05) is 39.1 Å². The van der Waals surface area contributed by atoms with Crippen LogP contribution in [0.15, 0.2) is 231 Å². The van der Waals surface area contributed by atoms with Gasteiger partial charge >= 0.3 is 0 Å². The lowest BCUT2D eigenvalue weighted by Crippen LogP contribution is -2.13. The van der Waals surface area contributed by atoms with E-state index in [1.165, 1.54) is 33.0 Å². The molecular weight excluding hydrogens is 717 g/mol. The highest BCUT2D eigenvalue weighted by molar-refractivity contribution is 6.12. The van der Waals surface area contributed by atoms with Gasteiger partial charge in [0.15, 0.2) is 5.75 Å². The first-order valence-corrected chi connectivity index (χ1v) is 20.1. The van der Waals surface area contributed by atoms with Gasteiger partial charge in [0.1, 0.15) is 5.75 Å². The first-order chi connectivity index (χ1) is 29.3. The second kappa shape index (κ2) is 14.6. The first-order valence-electron chi connectivity index (χ1n) is 20.1. The highest BCUT2D eigenvalue weighted by Gasteiger charge is 2.28. The third-order valence-corrected chi connectivity index (χ3v) is 11.4. The third-order valence-electron chi connectivity index (χ3n) is 11.4. The van der Waals surface area contributed by atoms with Crippen molar-refractivity contribution in [3.05, 3.63) is 231 Å². The van der Waals surface area contributed by atoms with E-state index in [9.17, 15) is 0 Å². The molecular formula is C56H38N2O. The van der Waals surface area contributed by atoms with Crippen molar-refractivity contribution in [3.63, 3.8) is 0 Å². The van der Waals surface area contributed by atoms with Crippen molar-refractivity contribution in [1.82, 2.24) is 0 Å². The highest BCUT2D eigenvalue weighted by atomic mass is 16.5. The Morgan fingerprint density at radius 1 is 0.288 bits per heavy atom. The van der Waals surface area contributed by atoms with E-state index < -0.39 is 0 Å². The number of nitrogens with zero attached hydrogens (tertiary/aromatic N) is 2. The molecule has 0 saturated heterocycles. The molecule has 0 aliphatic carbocycles. The van der Waals surface area contributed by atoms with Crippen molar-refractivity contribution >= 4 is 55.7 Å². The summed E-state index contributed by atoms with van der Waals surface area (Å²) in [5.74, 6) is 1.68. The molecule has 0 unspecified atom stereocenters. The Balaban J connectivity index is 1.06. The van der Waals surface area contributed by atoms with Gasteiger partial charge in [-0.25, -0.2) is 0 Å². The fraction of sp³-hybridized carbons (Fsp3) is 0. The lowest BCUT2D eigenvalue weighted by Gasteiger charge is -2.32. The molecule has 0 amide bonds. The number of fused-ring (bicyclic) bond motifs is 3. The van der Waals surface area contributed by atoms with Gasteiger partial charge in [-0.15, -0.1) is 0 Å². The molecule has 0 fully saturated rings. The SMILES string of the molecule is c1ccc(-c2ccc(N(c3ccc(-c4cccc5ccccc45)cc3)c3ccc4c5c(cccc35)-c3cccc(N(c5ccccc5)c5ccccc5)c3O4)cc2)cc1. The quantitative estimate of drug-likeness (QED) is 0.154. The molecule has 1 heterocycles. The summed E-state index contributed by atoms with van der Waals surface area (Å²) >= 11 is 0. The van der Waals surface area contributed by atoms with Crippen LogP contribution in [0, 0.1) is 0 Å².